The van der Waals surface area contributed by atoms with E-state index in [-0.39, 0.29) is 30.3 Å². The average Bonchev–Trinajstić information content (AvgIpc) is 3.31. The third kappa shape index (κ3) is 6.80. The maximum absolute atomic E-state index is 14.2. The lowest BCUT2D eigenvalue weighted by atomic mass is 9.89. The maximum atomic E-state index is 14.2. The van der Waals surface area contributed by atoms with Gasteiger partial charge in [-0.1, -0.05) is 48.0 Å². The first kappa shape index (κ1) is 30.5. The number of fused-ring (bicyclic) bond motifs is 1. The number of nitrogens with zero attached hydrogens (tertiary/aromatic N) is 2. The second-order valence-electron chi connectivity index (χ2n) is 10.3. The van der Waals surface area contributed by atoms with Crippen molar-refractivity contribution in [1.82, 2.24) is 9.32 Å². The van der Waals surface area contributed by atoms with Gasteiger partial charge in [0, 0.05) is 41.3 Å². The van der Waals surface area contributed by atoms with Crippen molar-refractivity contribution in [3.05, 3.63) is 82.2 Å². The summed E-state index contributed by atoms with van der Waals surface area (Å²) < 4.78 is 50.2. The molecule has 0 radical (unpaired) electrons. The quantitative estimate of drug-likeness (QED) is 0.181. The molecule has 1 aliphatic rings. The SMILES string of the molecule is COc1ccc(-c2ccc(OC(F)(F)F)cc2)cc1CN(C(=O)c1sc2ccccc2c1Cl)[C@H]1CC[C@H](N(C)Cl)CC1. The van der Waals surface area contributed by atoms with Crippen molar-refractivity contribution in [2.45, 2.75) is 50.7 Å². The number of amides is 1. The summed E-state index contributed by atoms with van der Waals surface area (Å²) in [4.78, 5) is 16.6. The van der Waals surface area contributed by atoms with Crippen LogP contribution in [0.3, 0.4) is 0 Å². The van der Waals surface area contributed by atoms with Crippen LogP contribution >= 0.6 is 34.7 Å². The number of halogens is 5. The minimum Gasteiger partial charge on any atom is -0.496 e. The fraction of sp³-hybridized carbons (Fsp3) is 0.323. The van der Waals surface area contributed by atoms with Crippen molar-refractivity contribution in [3.63, 3.8) is 0 Å². The number of carbonyl (C=O) groups is 1. The molecule has 1 saturated carbocycles. The number of carbonyl (C=O) groups excluding carboxylic acids is 1. The largest absolute Gasteiger partial charge is 0.573 e. The summed E-state index contributed by atoms with van der Waals surface area (Å²) in [6.07, 6.45) is -1.52. The Kier molecular flexibility index (Phi) is 9.23. The fourth-order valence-corrected chi connectivity index (χ4v) is 7.15. The molecule has 5 nitrogen and oxygen atoms in total. The molecule has 0 saturated heterocycles. The number of hydrogen-bond acceptors (Lipinski definition) is 5. The normalized spacial score (nSPS) is 17.4. The number of methoxy groups -OCH3 is 1. The summed E-state index contributed by atoms with van der Waals surface area (Å²) in [7, 11) is 3.42. The number of thiophene rings is 1. The Balaban J connectivity index is 1.48. The molecule has 1 amide bonds. The van der Waals surface area contributed by atoms with Gasteiger partial charge in [-0.05, 0) is 78.9 Å². The Labute approximate surface area is 256 Å². The third-order valence-corrected chi connectivity index (χ3v) is 9.58. The summed E-state index contributed by atoms with van der Waals surface area (Å²) in [6, 6.07) is 19.1. The minimum absolute atomic E-state index is 0.0428. The van der Waals surface area contributed by atoms with Crippen LogP contribution in [0.2, 0.25) is 5.02 Å². The second kappa shape index (κ2) is 12.7. The Morgan fingerprint density at radius 2 is 1.62 bits per heavy atom. The Hall–Kier alpha value is -2.98. The zero-order valence-corrected chi connectivity index (χ0v) is 25.3. The first-order valence-electron chi connectivity index (χ1n) is 13.4. The Morgan fingerprint density at radius 1 is 0.976 bits per heavy atom. The monoisotopic (exact) mass is 636 g/mol. The van der Waals surface area contributed by atoms with Crippen LogP contribution < -0.4 is 9.47 Å². The molecule has 0 aliphatic heterocycles. The predicted octanol–water partition coefficient (Wildman–Crippen LogP) is 9.17. The van der Waals surface area contributed by atoms with Crippen LogP contribution in [0.15, 0.2) is 66.7 Å². The predicted molar refractivity (Wildman–Crippen MR) is 161 cm³/mol. The summed E-state index contributed by atoms with van der Waals surface area (Å²) in [5.41, 5.74) is 2.24. The van der Waals surface area contributed by atoms with Crippen LogP contribution in [-0.4, -0.2) is 47.8 Å². The smallest absolute Gasteiger partial charge is 0.496 e. The molecular formula is C31H29Cl2F3N2O3S. The van der Waals surface area contributed by atoms with Crippen molar-refractivity contribution in [2.75, 3.05) is 14.2 Å². The van der Waals surface area contributed by atoms with Crippen LogP contribution in [0.1, 0.15) is 40.9 Å². The van der Waals surface area contributed by atoms with Gasteiger partial charge in [0.2, 0.25) is 0 Å². The van der Waals surface area contributed by atoms with Crippen molar-refractivity contribution >= 4 is 50.7 Å². The first-order chi connectivity index (χ1) is 20.0. The average molecular weight is 638 g/mol. The summed E-state index contributed by atoms with van der Waals surface area (Å²) in [5, 5.41) is 1.29. The van der Waals surface area contributed by atoms with Gasteiger partial charge in [0.1, 0.15) is 16.4 Å². The first-order valence-corrected chi connectivity index (χ1v) is 15.0. The lowest BCUT2D eigenvalue weighted by molar-refractivity contribution is -0.274. The minimum atomic E-state index is -4.76. The molecule has 0 bridgehead atoms. The van der Waals surface area contributed by atoms with Crippen molar-refractivity contribution < 1.29 is 27.4 Å². The standard InChI is InChI=1S/C31H29Cl2F3N2O3S/c1-37(33)22-10-12-23(13-11-22)38(30(39)29-28(32)25-5-3-4-6-27(25)42-29)18-21-17-20(9-16-26(21)40-2)19-7-14-24(15-8-19)41-31(34,35)36/h3-9,14-17,22-23H,10-13,18H2,1-2H3/t22-,23-. The van der Waals surface area contributed by atoms with Gasteiger partial charge >= 0.3 is 6.36 Å². The molecule has 0 atom stereocenters. The van der Waals surface area contributed by atoms with E-state index in [2.05, 4.69) is 4.74 Å². The molecule has 1 fully saturated rings. The maximum Gasteiger partial charge on any atom is 0.573 e. The fourth-order valence-electron chi connectivity index (χ4n) is 5.49. The second-order valence-corrected chi connectivity index (χ2v) is 12.2. The Morgan fingerprint density at radius 3 is 2.24 bits per heavy atom. The van der Waals surface area contributed by atoms with Gasteiger partial charge in [-0.3, -0.25) is 4.79 Å². The molecule has 42 heavy (non-hydrogen) atoms. The molecule has 11 heteroatoms. The van der Waals surface area contributed by atoms with Crippen molar-refractivity contribution in [3.8, 4) is 22.6 Å². The molecule has 1 heterocycles. The molecular weight excluding hydrogens is 608 g/mol. The van der Waals surface area contributed by atoms with Gasteiger partial charge in [0.05, 0.1) is 12.1 Å². The van der Waals surface area contributed by atoms with Crippen molar-refractivity contribution in [2.24, 2.45) is 0 Å². The highest BCUT2D eigenvalue weighted by molar-refractivity contribution is 7.21. The zero-order valence-electron chi connectivity index (χ0n) is 23.0. The van der Waals surface area contributed by atoms with E-state index in [4.69, 9.17) is 28.1 Å². The van der Waals surface area contributed by atoms with Crippen LogP contribution in [0.4, 0.5) is 13.2 Å². The molecule has 3 aromatic carbocycles. The van der Waals surface area contributed by atoms with E-state index in [1.807, 2.05) is 48.3 Å². The lowest BCUT2D eigenvalue weighted by Gasteiger charge is -2.38. The lowest BCUT2D eigenvalue weighted by Crippen LogP contribution is -2.44. The Bertz CT molecular complexity index is 1550. The van der Waals surface area contributed by atoms with Crippen molar-refractivity contribution in [1.29, 1.82) is 0 Å². The number of ether oxygens (including phenoxy) is 2. The van der Waals surface area contributed by atoms with E-state index < -0.39 is 6.36 Å². The van der Waals surface area contributed by atoms with Gasteiger partial charge in [-0.15, -0.1) is 24.5 Å². The molecule has 0 spiro atoms. The molecule has 0 unspecified atom stereocenters. The highest BCUT2D eigenvalue weighted by atomic mass is 35.5. The molecule has 1 aromatic heterocycles. The van der Waals surface area contributed by atoms with Crippen LogP contribution in [0.5, 0.6) is 11.5 Å². The molecule has 0 N–H and O–H groups in total. The summed E-state index contributed by atoms with van der Waals surface area (Å²) in [5.74, 6) is 0.158. The molecule has 4 aromatic rings. The van der Waals surface area contributed by atoms with E-state index in [1.54, 1.807) is 29.7 Å². The highest BCUT2D eigenvalue weighted by Gasteiger charge is 2.33. The number of alkyl halides is 3. The van der Waals surface area contributed by atoms with Crippen LogP contribution in [-0.2, 0) is 6.54 Å². The van der Waals surface area contributed by atoms with Crippen LogP contribution in [0.25, 0.3) is 21.2 Å². The van der Waals surface area contributed by atoms with Gasteiger partial charge in [-0.25, -0.2) is 4.42 Å². The summed E-state index contributed by atoms with van der Waals surface area (Å²) in [6.45, 7) is 0.266. The molecule has 222 valence electrons. The molecule has 5 rings (SSSR count). The van der Waals surface area contributed by atoms with Gasteiger partial charge < -0.3 is 14.4 Å². The van der Waals surface area contributed by atoms with Gasteiger partial charge in [0.15, 0.2) is 0 Å². The van der Waals surface area contributed by atoms with E-state index >= 15 is 0 Å². The van der Waals surface area contributed by atoms with E-state index in [0.29, 0.717) is 21.2 Å². The number of benzene rings is 3. The van der Waals surface area contributed by atoms with E-state index in [9.17, 15) is 18.0 Å². The van der Waals surface area contributed by atoms with Crippen LogP contribution in [0, 0.1) is 0 Å². The topological polar surface area (TPSA) is 42.0 Å². The molecule has 1 aliphatic carbocycles. The number of rotatable bonds is 8. The highest BCUT2D eigenvalue weighted by Crippen LogP contribution is 2.39. The van der Waals surface area contributed by atoms with E-state index in [0.717, 1.165) is 46.9 Å². The third-order valence-electron chi connectivity index (χ3n) is 7.64. The summed E-state index contributed by atoms with van der Waals surface area (Å²) >= 11 is 14.4. The van der Waals surface area contributed by atoms with E-state index in [1.165, 1.54) is 23.5 Å². The number of hydrogen-bond donors (Lipinski definition) is 0. The zero-order chi connectivity index (χ0) is 30.0. The van der Waals surface area contributed by atoms with Gasteiger partial charge in [-0.2, -0.15) is 0 Å². The van der Waals surface area contributed by atoms with Gasteiger partial charge in [0.25, 0.3) is 5.91 Å².